The number of hydrogen-bond acceptors (Lipinski definition) is 2. The van der Waals surface area contributed by atoms with Gasteiger partial charge in [0, 0.05) is 29.3 Å². The zero-order valence-electron chi connectivity index (χ0n) is 16.2. The minimum Gasteiger partial charge on any atom is -0.292 e. The van der Waals surface area contributed by atoms with Crippen molar-refractivity contribution in [1.82, 2.24) is 4.90 Å². The van der Waals surface area contributed by atoms with Crippen LogP contribution in [-0.2, 0) is 0 Å². The van der Waals surface area contributed by atoms with E-state index in [0.29, 0.717) is 6.04 Å². The van der Waals surface area contributed by atoms with Crippen molar-refractivity contribution in [3.05, 3.63) is 106 Å². The van der Waals surface area contributed by atoms with Crippen molar-refractivity contribution >= 4 is 29.4 Å². The molecular formula is C25H24Cl2N2. The molecule has 1 unspecified atom stereocenters. The maximum atomic E-state index is 6.59. The van der Waals surface area contributed by atoms with Crippen molar-refractivity contribution in [2.45, 2.75) is 24.9 Å². The number of halogens is 2. The molecule has 3 aromatic carbocycles. The zero-order chi connectivity index (χ0) is 20.1. The van der Waals surface area contributed by atoms with Gasteiger partial charge in [-0.1, -0.05) is 83.9 Å². The normalized spacial score (nSPS) is 16.9. The second-order valence-corrected chi connectivity index (χ2v) is 8.28. The minimum atomic E-state index is 0.0986. The molecule has 1 saturated heterocycles. The molecule has 1 aliphatic rings. The minimum absolute atomic E-state index is 0.0986. The summed E-state index contributed by atoms with van der Waals surface area (Å²) in [6.45, 7) is 1.94. The Hall–Kier alpha value is -2.13. The van der Waals surface area contributed by atoms with Crippen LogP contribution < -0.4 is 0 Å². The van der Waals surface area contributed by atoms with Crippen LogP contribution in [0, 0.1) is 0 Å². The molecule has 4 rings (SSSR count). The Morgan fingerprint density at radius 2 is 1.59 bits per heavy atom. The zero-order valence-corrected chi connectivity index (χ0v) is 17.7. The lowest BCUT2D eigenvalue weighted by atomic mass is 9.94. The Balaban J connectivity index is 1.52. The molecule has 1 heterocycles. The van der Waals surface area contributed by atoms with E-state index in [0.717, 1.165) is 47.1 Å². The number of rotatable bonds is 5. The molecule has 0 bridgehead atoms. The van der Waals surface area contributed by atoms with Crippen LogP contribution in [0.5, 0.6) is 0 Å². The van der Waals surface area contributed by atoms with Crippen molar-refractivity contribution < 1.29 is 0 Å². The fraction of sp³-hybridized carbons (Fsp3) is 0.240. The van der Waals surface area contributed by atoms with Gasteiger partial charge in [-0.25, -0.2) is 0 Å². The number of hydrogen-bond donors (Lipinski definition) is 0. The molecule has 2 nitrogen and oxygen atoms in total. The Labute approximate surface area is 182 Å². The predicted octanol–water partition coefficient (Wildman–Crippen LogP) is 6.67. The molecule has 1 aliphatic heterocycles. The highest BCUT2D eigenvalue weighted by Crippen LogP contribution is 2.36. The van der Waals surface area contributed by atoms with Gasteiger partial charge in [-0.2, -0.15) is 0 Å². The van der Waals surface area contributed by atoms with Crippen molar-refractivity contribution in [1.29, 1.82) is 0 Å². The van der Waals surface area contributed by atoms with E-state index in [9.17, 15) is 0 Å². The predicted molar refractivity (Wildman–Crippen MR) is 123 cm³/mol. The highest BCUT2D eigenvalue weighted by atomic mass is 35.5. The summed E-state index contributed by atoms with van der Waals surface area (Å²) in [6.07, 6.45) is 4.07. The Morgan fingerprint density at radius 3 is 2.31 bits per heavy atom. The molecule has 1 atom stereocenters. The second kappa shape index (κ2) is 9.58. The first-order chi connectivity index (χ1) is 14.2. The molecule has 0 radical (unpaired) electrons. The summed E-state index contributed by atoms with van der Waals surface area (Å²) in [5.41, 5.74) is 3.46. The Kier molecular flexibility index (Phi) is 6.66. The molecule has 0 aromatic heterocycles. The molecule has 0 aliphatic carbocycles. The van der Waals surface area contributed by atoms with Gasteiger partial charge in [0.1, 0.15) is 0 Å². The van der Waals surface area contributed by atoms with Crippen LogP contribution in [0.2, 0.25) is 10.0 Å². The highest BCUT2D eigenvalue weighted by molar-refractivity contribution is 6.31. The molecule has 4 heteroatoms. The average Bonchev–Trinajstić information content (AvgIpc) is 2.76. The number of piperidine rings is 1. The van der Waals surface area contributed by atoms with E-state index < -0.39 is 0 Å². The quantitative estimate of drug-likeness (QED) is 0.419. The molecule has 148 valence electrons. The van der Waals surface area contributed by atoms with Crippen molar-refractivity contribution in [3.63, 3.8) is 0 Å². The highest BCUT2D eigenvalue weighted by Gasteiger charge is 2.28. The van der Waals surface area contributed by atoms with Gasteiger partial charge in [0.25, 0.3) is 0 Å². The number of benzene rings is 3. The second-order valence-electron chi connectivity index (χ2n) is 7.44. The van der Waals surface area contributed by atoms with Gasteiger partial charge in [0.15, 0.2) is 0 Å². The van der Waals surface area contributed by atoms with Crippen LogP contribution in [0.3, 0.4) is 0 Å². The number of aliphatic imine (C=N–C) groups is 1. The first-order valence-electron chi connectivity index (χ1n) is 10.0. The lowest BCUT2D eigenvalue weighted by Gasteiger charge is -2.37. The smallest absolute Gasteiger partial charge is 0.0617 e. The van der Waals surface area contributed by atoms with Crippen LogP contribution in [0.15, 0.2) is 83.9 Å². The summed E-state index contributed by atoms with van der Waals surface area (Å²) in [7, 11) is 0. The van der Waals surface area contributed by atoms with E-state index in [-0.39, 0.29) is 6.04 Å². The van der Waals surface area contributed by atoms with E-state index in [4.69, 9.17) is 28.2 Å². The van der Waals surface area contributed by atoms with E-state index in [1.165, 1.54) is 5.56 Å². The number of nitrogens with zero attached hydrogens (tertiary/aromatic N) is 2. The third-order valence-corrected chi connectivity index (χ3v) is 6.04. The van der Waals surface area contributed by atoms with E-state index in [1.54, 1.807) is 0 Å². The maximum Gasteiger partial charge on any atom is 0.0617 e. The van der Waals surface area contributed by atoms with Crippen LogP contribution in [0.1, 0.15) is 35.6 Å². The lowest BCUT2D eigenvalue weighted by Crippen LogP contribution is -2.38. The summed E-state index contributed by atoms with van der Waals surface area (Å²) in [5.74, 6) is 0. The third kappa shape index (κ3) is 5.08. The SMILES string of the molecule is Clc1cccc(C(c2ccccc2Cl)N2CCC(N=Cc3ccccc3)CC2)c1. The van der Waals surface area contributed by atoms with Crippen molar-refractivity contribution in [3.8, 4) is 0 Å². The lowest BCUT2D eigenvalue weighted by molar-refractivity contribution is 0.175. The summed E-state index contributed by atoms with van der Waals surface area (Å²) < 4.78 is 0. The van der Waals surface area contributed by atoms with Crippen molar-refractivity contribution in [2.75, 3.05) is 13.1 Å². The summed E-state index contributed by atoms with van der Waals surface area (Å²) in [5, 5.41) is 1.54. The summed E-state index contributed by atoms with van der Waals surface area (Å²) in [6, 6.07) is 27.0. The van der Waals surface area contributed by atoms with Crippen LogP contribution in [0.25, 0.3) is 0 Å². The van der Waals surface area contributed by atoms with Gasteiger partial charge in [0.05, 0.1) is 12.1 Å². The Bertz CT molecular complexity index is 963. The molecule has 0 N–H and O–H groups in total. The fourth-order valence-electron chi connectivity index (χ4n) is 3.98. The molecular weight excluding hydrogens is 399 g/mol. The molecule has 0 saturated carbocycles. The molecule has 1 fully saturated rings. The van der Waals surface area contributed by atoms with E-state index >= 15 is 0 Å². The fourth-order valence-corrected chi connectivity index (χ4v) is 4.42. The van der Waals surface area contributed by atoms with Gasteiger partial charge < -0.3 is 0 Å². The molecule has 29 heavy (non-hydrogen) atoms. The topological polar surface area (TPSA) is 15.6 Å². The summed E-state index contributed by atoms with van der Waals surface area (Å²) in [4.78, 5) is 7.33. The number of likely N-dealkylation sites (tertiary alicyclic amines) is 1. The maximum absolute atomic E-state index is 6.59. The Morgan fingerprint density at radius 1 is 0.862 bits per heavy atom. The van der Waals surface area contributed by atoms with Gasteiger partial charge in [-0.05, 0) is 47.7 Å². The molecule has 0 amide bonds. The van der Waals surface area contributed by atoms with Gasteiger partial charge in [-0.3, -0.25) is 9.89 Å². The van der Waals surface area contributed by atoms with Crippen LogP contribution in [0.4, 0.5) is 0 Å². The van der Waals surface area contributed by atoms with Crippen LogP contribution >= 0.6 is 23.2 Å². The van der Waals surface area contributed by atoms with E-state index in [1.807, 2.05) is 48.7 Å². The van der Waals surface area contributed by atoms with Gasteiger partial charge >= 0.3 is 0 Å². The first kappa shape index (κ1) is 20.2. The molecule has 3 aromatic rings. The summed E-state index contributed by atoms with van der Waals surface area (Å²) >= 11 is 12.9. The largest absolute Gasteiger partial charge is 0.292 e. The first-order valence-corrected chi connectivity index (χ1v) is 10.8. The van der Waals surface area contributed by atoms with E-state index in [2.05, 4.69) is 41.3 Å². The monoisotopic (exact) mass is 422 g/mol. The third-order valence-electron chi connectivity index (χ3n) is 5.46. The van der Waals surface area contributed by atoms with Gasteiger partial charge in [0.2, 0.25) is 0 Å². The van der Waals surface area contributed by atoms with Crippen LogP contribution in [-0.4, -0.2) is 30.2 Å². The van der Waals surface area contributed by atoms with Crippen molar-refractivity contribution in [2.24, 2.45) is 4.99 Å². The van der Waals surface area contributed by atoms with Gasteiger partial charge in [-0.15, -0.1) is 0 Å². The average molecular weight is 423 g/mol. The standard InChI is InChI=1S/C25H24Cl2N2/c26-21-10-6-9-20(17-21)25(23-11-4-5-12-24(23)27)29-15-13-22(14-16-29)28-18-19-7-2-1-3-8-19/h1-12,17-18,22,25H,13-16H2. The molecule has 0 spiro atoms.